The molecule has 0 saturated carbocycles. The van der Waals surface area contributed by atoms with Crippen LogP contribution >= 0.6 is 15.9 Å². The molecule has 0 spiro atoms. The second kappa shape index (κ2) is 6.79. The van der Waals surface area contributed by atoms with Crippen LogP contribution in [0.3, 0.4) is 0 Å². The van der Waals surface area contributed by atoms with E-state index in [9.17, 15) is 4.79 Å². The lowest BCUT2D eigenvalue weighted by molar-refractivity contribution is -0.129. The maximum atomic E-state index is 12.0. The molecule has 0 unspecified atom stereocenters. The van der Waals surface area contributed by atoms with Crippen LogP contribution in [0.5, 0.6) is 5.75 Å². The number of esters is 1. The first-order valence-corrected chi connectivity index (χ1v) is 7.97. The first-order chi connectivity index (χ1) is 11.2. The Morgan fingerprint density at radius 3 is 2.83 bits per heavy atom. The summed E-state index contributed by atoms with van der Waals surface area (Å²) in [5.74, 6) is 0.593. The molecule has 3 rings (SSSR count). The van der Waals surface area contributed by atoms with Crippen LogP contribution in [-0.4, -0.2) is 18.5 Å². The summed E-state index contributed by atoms with van der Waals surface area (Å²) in [6.45, 7) is 2.51. The third-order valence-corrected chi connectivity index (χ3v) is 3.89. The summed E-state index contributed by atoms with van der Waals surface area (Å²) in [4.78, 5) is 16.3. The van der Waals surface area contributed by atoms with Gasteiger partial charge in [0.2, 0.25) is 5.90 Å². The molecule has 1 heterocycles. The first kappa shape index (κ1) is 15.5. The van der Waals surface area contributed by atoms with Crippen molar-refractivity contribution in [1.29, 1.82) is 0 Å². The standard InChI is InChI=1S/C18H14BrNO3/c1-2-22-13-7-5-6-12(10-13)11-16-18(21)23-17(20-16)14-8-3-4-9-15(14)19/h3-11H,2H2,1H3/b16-11+. The Morgan fingerprint density at radius 1 is 1.22 bits per heavy atom. The number of cyclic esters (lactones) is 1. The maximum absolute atomic E-state index is 12.0. The second-order valence-electron chi connectivity index (χ2n) is 4.82. The average Bonchev–Trinajstić information content (AvgIpc) is 2.89. The van der Waals surface area contributed by atoms with Gasteiger partial charge in [0, 0.05) is 4.47 Å². The molecule has 1 aliphatic heterocycles. The van der Waals surface area contributed by atoms with Crippen LogP contribution in [0.25, 0.3) is 6.08 Å². The summed E-state index contributed by atoms with van der Waals surface area (Å²) in [5.41, 5.74) is 1.84. The number of halogens is 1. The molecule has 0 atom stereocenters. The highest BCUT2D eigenvalue weighted by Gasteiger charge is 2.25. The van der Waals surface area contributed by atoms with E-state index in [1.807, 2.05) is 55.5 Å². The van der Waals surface area contributed by atoms with E-state index in [4.69, 9.17) is 9.47 Å². The van der Waals surface area contributed by atoms with E-state index in [2.05, 4.69) is 20.9 Å². The summed E-state index contributed by atoms with van der Waals surface area (Å²) in [6.07, 6.45) is 1.69. The number of nitrogens with zero attached hydrogens (tertiary/aromatic N) is 1. The lowest BCUT2D eigenvalue weighted by atomic mass is 10.2. The fourth-order valence-electron chi connectivity index (χ4n) is 2.18. The van der Waals surface area contributed by atoms with E-state index in [1.54, 1.807) is 6.08 Å². The highest BCUT2D eigenvalue weighted by molar-refractivity contribution is 9.10. The minimum atomic E-state index is -0.461. The van der Waals surface area contributed by atoms with Crippen molar-refractivity contribution in [3.8, 4) is 5.75 Å². The molecule has 0 bridgehead atoms. The predicted octanol–water partition coefficient (Wildman–Crippen LogP) is 4.19. The fraction of sp³-hybridized carbons (Fsp3) is 0.111. The second-order valence-corrected chi connectivity index (χ2v) is 5.68. The van der Waals surface area contributed by atoms with Gasteiger partial charge in [-0.05, 0) is 58.8 Å². The molecule has 0 fully saturated rings. The third kappa shape index (κ3) is 3.51. The Morgan fingerprint density at radius 2 is 2.04 bits per heavy atom. The molecule has 0 aromatic heterocycles. The lowest BCUT2D eigenvalue weighted by Crippen LogP contribution is -2.05. The molecule has 23 heavy (non-hydrogen) atoms. The number of benzene rings is 2. The fourth-order valence-corrected chi connectivity index (χ4v) is 2.63. The van der Waals surface area contributed by atoms with E-state index in [-0.39, 0.29) is 5.70 Å². The predicted molar refractivity (Wildman–Crippen MR) is 92.4 cm³/mol. The van der Waals surface area contributed by atoms with Crippen molar-refractivity contribution in [2.75, 3.05) is 6.61 Å². The molecule has 0 amide bonds. The molecular weight excluding hydrogens is 358 g/mol. The molecule has 0 saturated heterocycles. The molecule has 1 aliphatic rings. The molecular formula is C18H14BrNO3. The Balaban J connectivity index is 1.92. The van der Waals surface area contributed by atoms with Gasteiger partial charge in [-0.3, -0.25) is 0 Å². The van der Waals surface area contributed by atoms with E-state index < -0.39 is 5.97 Å². The van der Waals surface area contributed by atoms with E-state index in [0.29, 0.717) is 12.5 Å². The molecule has 2 aromatic carbocycles. The summed E-state index contributed by atoms with van der Waals surface area (Å²) in [6, 6.07) is 15.0. The normalized spacial score (nSPS) is 15.5. The number of ether oxygens (including phenoxy) is 2. The van der Waals surface area contributed by atoms with Crippen molar-refractivity contribution < 1.29 is 14.3 Å². The van der Waals surface area contributed by atoms with Gasteiger partial charge in [-0.2, -0.15) is 0 Å². The monoisotopic (exact) mass is 371 g/mol. The van der Waals surface area contributed by atoms with Crippen LogP contribution in [0, 0.1) is 0 Å². The summed E-state index contributed by atoms with van der Waals surface area (Å²) < 4.78 is 11.6. The Hall–Kier alpha value is -2.40. The molecule has 5 heteroatoms. The molecule has 0 aliphatic carbocycles. The largest absolute Gasteiger partial charge is 0.494 e. The maximum Gasteiger partial charge on any atom is 0.363 e. The van der Waals surface area contributed by atoms with Crippen molar-refractivity contribution >= 4 is 33.9 Å². The lowest BCUT2D eigenvalue weighted by Gasteiger charge is -2.03. The van der Waals surface area contributed by atoms with Crippen molar-refractivity contribution in [2.45, 2.75) is 6.92 Å². The number of hydrogen-bond donors (Lipinski definition) is 0. The molecule has 2 aromatic rings. The van der Waals surface area contributed by atoms with E-state index >= 15 is 0 Å². The summed E-state index contributed by atoms with van der Waals surface area (Å²) >= 11 is 3.43. The van der Waals surface area contributed by atoms with Crippen LogP contribution in [0.1, 0.15) is 18.1 Å². The van der Waals surface area contributed by atoms with Crippen LogP contribution < -0.4 is 4.74 Å². The minimum Gasteiger partial charge on any atom is -0.494 e. The topological polar surface area (TPSA) is 47.9 Å². The first-order valence-electron chi connectivity index (χ1n) is 7.17. The SMILES string of the molecule is CCOc1cccc(/C=C2/N=C(c3ccccc3Br)OC2=O)c1. The smallest absolute Gasteiger partial charge is 0.363 e. The van der Waals surface area contributed by atoms with Crippen LogP contribution in [0.15, 0.2) is 63.7 Å². The van der Waals surface area contributed by atoms with Crippen LogP contribution in [-0.2, 0) is 9.53 Å². The van der Waals surface area contributed by atoms with E-state index in [0.717, 1.165) is 21.3 Å². The number of carbonyl (C=O) groups excluding carboxylic acids is 1. The highest BCUT2D eigenvalue weighted by atomic mass is 79.9. The summed E-state index contributed by atoms with van der Waals surface area (Å²) in [5, 5.41) is 0. The summed E-state index contributed by atoms with van der Waals surface area (Å²) in [7, 11) is 0. The highest BCUT2D eigenvalue weighted by Crippen LogP contribution is 2.24. The number of rotatable bonds is 4. The molecule has 0 radical (unpaired) electrons. The van der Waals surface area contributed by atoms with Gasteiger partial charge in [-0.25, -0.2) is 9.79 Å². The zero-order chi connectivity index (χ0) is 16.2. The Labute approximate surface area is 142 Å². The quantitative estimate of drug-likeness (QED) is 0.597. The van der Waals surface area contributed by atoms with Crippen LogP contribution in [0.2, 0.25) is 0 Å². The number of aliphatic imine (C=N–C) groups is 1. The van der Waals surface area contributed by atoms with Crippen molar-refractivity contribution in [2.24, 2.45) is 4.99 Å². The molecule has 4 nitrogen and oxygen atoms in total. The Bertz CT molecular complexity index is 811. The molecule has 0 N–H and O–H groups in total. The number of carbonyl (C=O) groups is 1. The average molecular weight is 372 g/mol. The zero-order valence-electron chi connectivity index (χ0n) is 12.5. The van der Waals surface area contributed by atoms with Crippen molar-refractivity contribution in [3.63, 3.8) is 0 Å². The zero-order valence-corrected chi connectivity index (χ0v) is 14.0. The Kier molecular flexibility index (Phi) is 4.57. The third-order valence-electron chi connectivity index (χ3n) is 3.20. The van der Waals surface area contributed by atoms with Gasteiger partial charge < -0.3 is 9.47 Å². The van der Waals surface area contributed by atoms with E-state index in [1.165, 1.54) is 0 Å². The minimum absolute atomic E-state index is 0.268. The van der Waals surface area contributed by atoms with Gasteiger partial charge in [0.05, 0.1) is 12.2 Å². The van der Waals surface area contributed by atoms with Gasteiger partial charge >= 0.3 is 5.97 Å². The van der Waals surface area contributed by atoms with Gasteiger partial charge in [0.15, 0.2) is 5.70 Å². The number of hydrogen-bond acceptors (Lipinski definition) is 4. The van der Waals surface area contributed by atoms with Gasteiger partial charge in [0.25, 0.3) is 0 Å². The van der Waals surface area contributed by atoms with Gasteiger partial charge in [-0.1, -0.05) is 24.3 Å². The van der Waals surface area contributed by atoms with Gasteiger partial charge in [0.1, 0.15) is 5.75 Å². The van der Waals surface area contributed by atoms with Crippen molar-refractivity contribution in [3.05, 3.63) is 69.8 Å². The van der Waals surface area contributed by atoms with Crippen molar-refractivity contribution in [1.82, 2.24) is 0 Å². The molecule has 116 valence electrons. The van der Waals surface area contributed by atoms with Crippen LogP contribution in [0.4, 0.5) is 0 Å². The van der Waals surface area contributed by atoms with Gasteiger partial charge in [-0.15, -0.1) is 0 Å².